The van der Waals surface area contributed by atoms with Crippen molar-refractivity contribution in [2.75, 3.05) is 0 Å². The summed E-state index contributed by atoms with van der Waals surface area (Å²) in [4.78, 5) is 13.7. The number of amides is 2. The molecule has 2 fully saturated rings. The maximum Gasteiger partial charge on any atom is 0.416 e. The van der Waals surface area contributed by atoms with E-state index in [-0.39, 0.29) is 17.4 Å². The van der Waals surface area contributed by atoms with Gasteiger partial charge in [-0.1, -0.05) is 18.6 Å². The number of benzene rings is 1. The third-order valence-corrected chi connectivity index (χ3v) is 5.71. The largest absolute Gasteiger partial charge is 0.416 e. The number of carbonyl (C=O) groups is 1. The van der Waals surface area contributed by atoms with Crippen LogP contribution in [0.1, 0.15) is 55.1 Å². The van der Waals surface area contributed by atoms with Crippen LogP contribution in [-0.2, 0) is 13.2 Å². The molecule has 0 radical (unpaired) electrons. The van der Waals surface area contributed by atoms with Gasteiger partial charge >= 0.3 is 12.2 Å². The van der Waals surface area contributed by atoms with E-state index in [4.69, 9.17) is 0 Å². The van der Waals surface area contributed by atoms with E-state index in [1.54, 1.807) is 7.05 Å². The van der Waals surface area contributed by atoms with Crippen molar-refractivity contribution in [3.8, 4) is 0 Å². The van der Waals surface area contributed by atoms with Crippen LogP contribution in [0.5, 0.6) is 0 Å². The van der Waals surface area contributed by atoms with Gasteiger partial charge in [0.15, 0.2) is 0 Å². The van der Waals surface area contributed by atoms with E-state index < -0.39 is 23.8 Å². The van der Waals surface area contributed by atoms with E-state index in [0.29, 0.717) is 5.41 Å². The molecule has 2 aromatic rings. The minimum absolute atomic E-state index is 0.0947. The maximum absolute atomic E-state index is 13.1. The minimum Gasteiger partial charge on any atom is -0.335 e. The summed E-state index contributed by atoms with van der Waals surface area (Å²) in [6.07, 6.45) is 1.10. The lowest BCUT2D eigenvalue weighted by Crippen LogP contribution is -2.55. The number of hydrogen-bond acceptors (Lipinski definition) is 4. The topological polar surface area (TPSA) is 84.7 Å². The number of aromatic nitrogens is 4. The molecule has 1 heterocycles. The molecule has 1 aromatic carbocycles. The molecule has 2 saturated carbocycles. The van der Waals surface area contributed by atoms with E-state index in [1.165, 1.54) is 36.2 Å². The summed E-state index contributed by atoms with van der Waals surface area (Å²) in [7, 11) is 1.55. The number of hydrogen-bond donors (Lipinski definition) is 2. The van der Waals surface area contributed by atoms with Crippen LogP contribution in [0.3, 0.4) is 0 Å². The SMILES string of the molecule is Cn1nnc(C(NC(=O)NC2CC3(CCC3)C2)c2cccc(C(F)(F)F)c2)n1. The van der Waals surface area contributed by atoms with Crippen molar-refractivity contribution < 1.29 is 18.0 Å². The van der Waals surface area contributed by atoms with Gasteiger partial charge in [-0.25, -0.2) is 4.79 Å². The molecular formula is C18H21F3N6O. The summed E-state index contributed by atoms with van der Waals surface area (Å²) in [5.74, 6) is 0.126. The summed E-state index contributed by atoms with van der Waals surface area (Å²) in [5, 5.41) is 17.3. The average Bonchev–Trinajstić information content (AvgIpc) is 2.99. The number of nitrogens with zero attached hydrogens (tertiary/aromatic N) is 4. The first-order valence-electron chi connectivity index (χ1n) is 9.22. The summed E-state index contributed by atoms with van der Waals surface area (Å²) in [6.45, 7) is 0. The number of halogens is 3. The highest BCUT2D eigenvalue weighted by Crippen LogP contribution is 2.55. The molecule has 150 valence electrons. The first-order chi connectivity index (χ1) is 13.2. The van der Waals surface area contributed by atoms with Gasteiger partial charge in [-0.15, -0.1) is 10.2 Å². The summed E-state index contributed by atoms with van der Waals surface area (Å²) < 4.78 is 39.3. The van der Waals surface area contributed by atoms with Crippen LogP contribution < -0.4 is 10.6 Å². The molecule has 0 bridgehead atoms. The van der Waals surface area contributed by atoms with Crippen LogP contribution in [0.25, 0.3) is 0 Å². The monoisotopic (exact) mass is 394 g/mol. The van der Waals surface area contributed by atoms with Gasteiger partial charge in [0.2, 0.25) is 5.82 Å². The fourth-order valence-electron chi connectivity index (χ4n) is 4.14. The molecule has 4 rings (SSSR count). The Bertz CT molecular complexity index is 868. The quantitative estimate of drug-likeness (QED) is 0.835. The molecule has 0 aliphatic heterocycles. The second kappa shape index (κ2) is 6.75. The van der Waals surface area contributed by atoms with Crippen molar-refractivity contribution in [1.29, 1.82) is 0 Å². The molecule has 2 amide bonds. The van der Waals surface area contributed by atoms with Crippen molar-refractivity contribution in [2.45, 2.75) is 50.4 Å². The zero-order chi connectivity index (χ0) is 19.9. The molecule has 2 aliphatic carbocycles. The number of rotatable bonds is 4. The Morgan fingerprint density at radius 2 is 2.07 bits per heavy atom. The normalized spacial score (nSPS) is 19.6. The minimum atomic E-state index is -4.48. The molecule has 1 aromatic heterocycles. The lowest BCUT2D eigenvalue weighted by atomic mass is 9.54. The molecule has 1 atom stereocenters. The van der Waals surface area contributed by atoms with E-state index in [2.05, 4.69) is 26.0 Å². The third kappa shape index (κ3) is 3.67. The molecule has 10 heteroatoms. The maximum atomic E-state index is 13.1. The van der Waals surface area contributed by atoms with Crippen LogP contribution in [0.4, 0.5) is 18.0 Å². The zero-order valence-electron chi connectivity index (χ0n) is 15.3. The van der Waals surface area contributed by atoms with Gasteiger partial charge in [-0.2, -0.15) is 18.0 Å². The summed E-state index contributed by atoms with van der Waals surface area (Å²) in [5.41, 5.74) is -0.153. The van der Waals surface area contributed by atoms with Gasteiger partial charge in [-0.05, 0) is 54.0 Å². The summed E-state index contributed by atoms with van der Waals surface area (Å²) >= 11 is 0. The highest BCUT2D eigenvalue weighted by Gasteiger charge is 2.48. The van der Waals surface area contributed by atoms with Crippen LogP contribution in [0.15, 0.2) is 24.3 Å². The Balaban J connectivity index is 1.50. The van der Waals surface area contributed by atoms with E-state index >= 15 is 0 Å². The van der Waals surface area contributed by atoms with Gasteiger partial charge in [0.05, 0.1) is 12.6 Å². The Kier molecular flexibility index (Phi) is 4.51. The molecule has 1 unspecified atom stereocenters. The summed E-state index contributed by atoms with van der Waals surface area (Å²) in [6, 6.07) is 3.49. The highest BCUT2D eigenvalue weighted by molar-refractivity contribution is 5.75. The number of aryl methyl sites for hydroxylation is 1. The van der Waals surface area contributed by atoms with Crippen molar-refractivity contribution in [2.24, 2.45) is 12.5 Å². The first-order valence-corrected chi connectivity index (χ1v) is 9.22. The molecule has 28 heavy (non-hydrogen) atoms. The predicted molar refractivity (Wildman–Crippen MR) is 93.1 cm³/mol. The lowest BCUT2D eigenvalue weighted by molar-refractivity contribution is -0.137. The van der Waals surface area contributed by atoms with Crippen molar-refractivity contribution >= 4 is 6.03 Å². The first kappa shape index (κ1) is 18.7. The van der Waals surface area contributed by atoms with E-state index in [0.717, 1.165) is 25.0 Å². The Hall–Kier alpha value is -2.65. The molecule has 0 saturated heterocycles. The number of tetrazole rings is 1. The van der Waals surface area contributed by atoms with E-state index in [9.17, 15) is 18.0 Å². The predicted octanol–water partition coefficient (Wildman–Crippen LogP) is 2.95. The number of alkyl halides is 3. The smallest absolute Gasteiger partial charge is 0.335 e. The Labute approximate surface area is 159 Å². The fraction of sp³-hybridized carbons (Fsp3) is 0.556. The van der Waals surface area contributed by atoms with Crippen LogP contribution in [-0.4, -0.2) is 32.3 Å². The second-order valence-electron chi connectivity index (χ2n) is 7.77. The molecular weight excluding hydrogens is 373 g/mol. The van der Waals surface area contributed by atoms with Gasteiger partial charge in [0.1, 0.15) is 6.04 Å². The molecule has 2 N–H and O–H groups in total. The van der Waals surface area contributed by atoms with Crippen molar-refractivity contribution in [3.63, 3.8) is 0 Å². The number of nitrogens with one attached hydrogen (secondary N) is 2. The highest BCUT2D eigenvalue weighted by atomic mass is 19.4. The zero-order valence-corrected chi connectivity index (χ0v) is 15.3. The second-order valence-corrected chi connectivity index (χ2v) is 7.77. The Morgan fingerprint density at radius 3 is 2.64 bits per heavy atom. The fourth-order valence-corrected chi connectivity index (χ4v) is 4.14. The van der Waals surface area contributed by atoms with Crippen LogP contribution in [0, 0.1) is 5.41 Å². The standard InChI is InChI=1S/C18H21F3N6O/c1-27-25-15(24-26-27)14(11-4-2-5-12(8-11)18(19,20)21)23-16(28)22-13-9-17(10-13)6-3-7-17/h2,4-5,8,13-14H,3,6-7,9-10H2,1H3,(H2,22,23,28). The Morgan fingerprint density at radius 1 is 1.32 bits per heavy atom. The van der Waals surface area contributed by atoms with Crippen molar-refractivity contribution in [3.05, 3.63) is 41.2 Å². The van der Waals surface area contributed by atoms with Gasteiger partial charge in [-0.3, -0.25) is 0 Å². The van der Waals surface area contributed by atoms with Gasteiger partial charge < -0.3 is 10.6 Å². The lowest BCUT2D eigenvalue weighted by Gasteiger charge is -2.54. The van der Waals surface area contributed by atoms with Gasteiger partial charge in [0.25, 0.3) is 0 Å². The average molecular weight is 394 g/mol. The van der Waals surface area contributed by atoms with Crippen LogP contribution in [0.2, 0.25) is 0 Å². The van der Waals surface area contributed by atoms with Crippen LogP contribution >= 0.6 is 0 Å². The molecule has 7 nitrogen and oxygen atoms in total. The van der Waals surface area contributed by atoms with Gasteiger partial charge in [0, 0.05) is 6.04 Å². The van der Waals surface area contributed by atoms with Crippen molar-refractivity contribution in [1.82, 2.24) is 30.8 Å². The number of urea groups is 1. The number of carbonyl (C=O) groups excluding carboxylic acids is 1. The molecule has 1 spiro atoms. The molecule has 2 aliphatic rings. The van der Waals surface area contributed by atoms with E-state index in [1.807, 2.05) is 0 Å². The third-order valence-electron chi connectivity index (χ3n) is 5.71.